The zero-order valence-electron chi connectivity index (χ0n) is 12.7. The third kappa shape index (κ3) is 3.55. The molecule has 2 heteroatoms. The van der Waals surface area contributed by atoms with Crippen molar-refractivity contribution >= 4 is 11.5 Å². The number of hydrogen-bond acceptors (Lipinski definition) is 2. The van der Waals surface area contributed by atoms with E-state index in [0.29, 0.717) is 5.57 Å². The normalized spacial score (nSPS) is 17.9. The summed E-state index contributed by atoms with van der Waals surface area (Å²) >= 11 is 0. The Morgan fingerprint density at radius 2 is 1.61 bits per heavy atom. The van der Waals surface area contributed by atoms with E-state index in [-0.39, 0.29) is 5.78 Å². The molecule has 0 spiro atoms. The van der Waals surface area contributed by atoms with Crippen LogP contribution in [0, 0.1) is 0 Å². The van der Waals surface area contributed by atoms with E-state index in [0.717, 1.165) is 16.8 Å². The van der Waals surface area contributed by atoms with Crippen LogP contribution in [0.5, 0.6) is 0 Å². The van der Waals surface area contributed by atoms with E-state index in [1.165, 1.54) is 0 Å². The summed E-state index contributed by atoms with van der Waals surface area (Å²) in [6, 6.07) is 10.1. The standard InChI is InChI=1S/C21H17NO/c1-17(19-7-3-2-4-8-19)22-15-13-18(14-16-22)11-12-20-9-5-6-10-21(20)23/h2-16H,1H2/b20-12+. The Bertz CT molecular complexity index is 786. The highest BCUT2D eigenvalue weighted by molar-refractivity contribution is 6.07. The molecule has 0 unspecified atom stereocenters. The van der Waals surface area contributed by atoms with Crippen LogP contribution in [0.1, 0.15) is 5.56 Å². The molecule has 0 saturated heterocycles. The molecule has 3 rings (SSSR count). The molecule has 2 aliphatic rings. The summed E-state index contributed by atoms with van der Waals surface area (Å²) < 4.78 is 0. The second-order valence-corrected chi connectivity index (χ2v) is 5.22. The summed E-state index contributed by atoms with van der Waals surface area (Å²) in [4.78, 5) is 13.7. The van der Waals surface area contributed by atoms with Crippen molar-refractivity contribution in [1.29, 1.82) is 0 Å². The molecule has 2 nitrogen and oxygen atoms in total. The van der Waals surface area contributed by atoms with Crippen LogP contribution in [-0.4, -0.2) is 10.7 Å². The van der Waals surface area contributed by atoms with Crippen molar-refractivity contribution in [3.8, 4) is 0 Å². The van der Waals surface area contributed by atoms with Gasteiger partial charge in [0.05, 0.1) is 0 Å². The van der Waals surface area contributed by atoms with E-state index in [2.05, 4.69) is 6.58 Å². The van der Waals surface area contributed by atoms with Gasteiger partial charge >= 0.3 is 0 Å². The van der Waals surface area contributed by atoms with Gasteiger partial charge in [-0.05, 0) is 29.4 Å². The van der Waals surface area contributed by atoms with Gasteiger partial charge in [-0.2, -0.15) is 0 Å². The lowest BCUT2D eigenvalue weighted by molar-refractivity contribution is -0.111. The van der Waals surface area contributed by atoms with Crippen molar-refractivity contribution in [2.45, 2.75) is 0 Å². The van der Waals surface area contributed by atoms with Gasteiger partial charge in [0.25, 0.3) is 0 Å². The monoisotopic (exact) mass is 299 g/mol. The van der Waals surface area contributed by atoms with E-state index < -0.39 is 0 Å². The number of nitrogens with zero attached hydrogens (tertiary/aromatic N) is 1. The Morgan fingerprint density at radius 3 is 2.30 bits per heavy atom. The summed E-state index contributed by atoms with van der Waals surface area (Å²) in [5.41, 5.74) is 3.73. The second kappa shape index (κ2) is 6.75. The number of benzene rings is 1. The summed E-state index contributed by atoms with van der Waals surface area (Å²) in [5, 5.41) is 0. The van der Waals surface area contributed by atoms with E-state index in [1.54, 1.807) is 12.2 Å². The number of hydrogen-bond donors (Lipinski definition) is 0. The number of carbonyl (C=O) groups excluding carboxylic acids is 1. The van der Waals surface area contributed by atoms with Crippen LogP contribution in [0.2, 0.25) is 0 Å². The van der Waals surface area contributed by atoms with E-state index >= 15 is 0 Å². The smallest absolute Gasteiger partial charge is 0.185 e. The second-order valence-electron chi connectivity index (χ2n) is 5.22. The SMILES string of the molecule is C=C(c1ccccc1)N1C=CC(=C/C=C2\C=CC=CC2=O)C=C1. The quantitative estimate of drug-likeness (QED) is 0.763. The van der Waals surface area contributed by atoms with Crippen LogP contribution < -0.4 is 0 Å². The molecule has 1 heterocycles. The lowest BCUT2D eigenvalue weighted by atomic mass is 10.0. The van der Waals surface area contributed by atoms with Gasteiger partial charge in [-0.15, -0.1) is 0 Å². The first-order valence-corrected chi connectivity index (χ1v) is 7.44. The first-order chi connectivity index (χ1) is 11.2. The van der Waals surface area contributed by atoms with Gasteiger partial charge in [0.15, 0.2) is 5.78 Å². The molecular formula is C21H17NO. The van der Waals surface area contributed by atoms with Gasteiger partial charge in [-0.25, -0.2) is 0 Å². The zero-order valence-corrected chi connectivity index (χ0v) is 12.7. The Morgan fingerprint density at radius 1 is 0.913 bits per heavy atom. The van der Waals surface area contributed by atoms with Crippen LogP contribution in [0.25, 0.3) is 5.70 Å². The minimum absolute atomic E-state index is 0.0344. The van der Waals surface area contributed by atoms with Gasteiger partial charge in [-0.3, -0.25) is 4.79 Å². The molecule has 0 saturated carbocycles. The average Bonchev–Trinajstić information content (AvgIpc) is 2.62. The summed E-state index contributed by atoms with van der Waals surface area (Å²) in [6.07, 6.45) is 18.7. The molecule has 1 aliphatic heterocycles. The van der Waals surface area contributed by atoms with Gasteiger partial charge in [0.1, 0.15) is 0 Å². The third-order valence-electron chi connectivity index (χ3n) is 3.65. The predicted octanol–water partition coefficient (Wildman–Crippen LogP) is 4.55. The van der Waals surface area contributed by atoms with Crippen LogP contribution >= 0.6 is 0 Å². The first-order valence-electron chi connectivity index (χ1n) is 7.44. The van der Waals surface area contributed by atoms with E-state index in [4.69, 9.17) is 0 Å². The van der Waals surface area contributed by atoms with Gasteiger partial charge in [0.2, 0.25) is 0 Å². The molecule has 23 heavy (non-hydrogen) atoms. The maximum atomic E-state index is 11.7. The highest BCUT2D eigenvalue weighted by Crippen LogP contribution is 2.21. The van der Waals surface area contributed by atoms with Gasteiger partial charge < -0.3 is 4.90 Å². The number of allylic oxidation sites excluding steroid dienone is 10. The maximum absolute atomic E-state index is 11.7. The highest BCUT2D eigenvalue weighted by Gasteiger charge is 2.07. The Kier molecular flexibility index (Phi) is 4.34. The summed E-state index contributed by atoms with van der Waals surface area (Å²) in [7, 11) is 0. The number of carbonyl (C=O) groups is 1. The summed E-state index contributed by atoms with van der Waals surface area (Å²) in [6.45, 7) is 4.13. The van der Waals surface area contributed by atoms with Crippen molar-refractivity contribution in [2.24, 2.45) is 0 Å². The van der Waals surface area contributed by atoms with E-state index in [9.17, 15) is 4.79 Å². The minimum Gasteiger partial charge on any atom is -0.324 e. The molecule has 0 radical (unpaired) electrons. The van der Waals surface area contributed by atoms with Crippen LogP contribution in [-0.2, 0) is 4.79 Å². The third-order valence-corrected chi connectivity index (χ3v) is 3.65. The fourth-order valence-electron chi connectivity index (χ4n) is 2.31. The van der Waals surface area contributed by atoms with Crippen LogP contribution in [0.3, 0.4) is 0 Å². The minimum atomic E-state index is 0.0344. The van der Waals surface area contributed by atoms with Crippen molar-refractivity contribution in [2.75, 3.05) is 0 Å². The molecule has 0 aromatic heterocycles. The molecule has 0 bridgehead atoms. The van der Waals surface area contributed by atoms with E-state index in [1.807, 2.05) is 84.1 Å². The first kappa shape index (κ1) is 14.8. The lowest BCUT2D eigenvalue weighted by Crippen LogP contribution is -2.09. The molecular weight excluding hydrogens is 282 g/mol. The Labute approximate surface area is 136 Å². The van der Waals surface area contributed by atoms with Crippen LogP contribution in [0.15, 0.2) is 109 Å². The van der Waals surface area contributed by atoms with Gasteiger partial charge in [-0.1, -0.05) is 67.3 Å². The largest absolute Gasteiger partial charge is 0.324 e. The summed E-state index contributed by atoms with van der Waals surface area (Å²) in [5.74, 6) is 0.0344. The molecule has 112 valence electrons. The number of ketones is 1. The molecule has 1 aromatic rings. The Hall–Kier alpha value is -3.13. The van der Waals surface area contributed by atoms with Crippen LogP contribution in [0.4, 0.5) is 0 Å². The maximum Gasteiger partial charge on any atom is 0.185 e. The highest BCUT2D eigenvalue weighted by atomic mass is 16.1. The molecule has 0 atom stereocenters. The fourth-order valence-corrected chi connectivity index (χ4v) is 2.31. The Balaban J connectivity index is 1.71. The predicted molar refractivity (Wildman–Crippen MR) is 95.0 cm³/mol. The molecule has 0 amide bonds. The van der Waals surface area contributed by atoms with Crippen molar-refractivity contribution in [1.82, 2.24) is 4.90 Å². The molecule has 0 fully saturated rings. The number of rotatable bonds is 3. The fraction of sp³-hybridized carbons (Fsp3) is 0. The van der Waals surface area contributed by atoms with Crippen molar-refractivity contribution < 1.29 is 4.79 Å². The topological polar surface area (TPSA) is 20.3 Å². The molecule has 1 aromatic carbocycles. The average molecular weight is 299 g/mol. The zero-order chi connectivity index (χ0) is 16.1. The van der Waals surface area contributed by atoms with Crippen molar-refractivity contribution in [3.05, 3.63) is 115 Å². The lowest BCUT2D eigenvalue weighted by Gasteiger charge is -2.21. The molecule has 0 N–H and O–H groups in total. The molecule has 1 aliphatic carbocycles. The van der Waals surface area contributed by atoms with Crippen molar-refractivity contribution in [3.63, 3.8) is 0 Å². The van der Waals surface area contributed by atoms with Gasteiger partial charge in [0, 0.05) is 23.7 Å².